The standard InChI is InChI=1S/C23H16ClFN2O5S/c24-15-10-17-14(9-16(15)25)20(22(29)27(17)23(26)30)21(18-7-4-8-33-18)32-19(28)12-31-11-13-5-2-1-3-6-13/h1-10H,11-12H2,(H2,26,30). The van der Waals surface area contributed by atoms with Crippen molar-refractivity contribution in [3.8, 4) is 0 Å². The molecule has 0 fully saturated rings. The van der Waals surface area contributed by atoms with E-state index in [0.29, 0.717) is 9.78 Å². The summed E-state index contributed by atoms with van der Waals surface area (Å²) in [7, 11) is 0. The maximum atomic E-state index is 14.3. The maximum Gasteiger partial charge on any atom is 0.337 e. The summed E-state index contributed by atoms with van der Waals surface area (Å²) >= 11 is 7.04. The van der Waals surface area contributed by atoms with Crippen LogP contribution in [0.15, 0.2) is 60.0 Å². The minimum Gasteiger partial charge on any atom is -0.422 e. The topological polar surface area (TPSA) is 98.9 Å². The van der Waals surface area contributed by atoms with Crippen LogP contribution in [0.2, 0.25) is 5.02 Å². The summed E-state index contributed by atoms with van der Waals surface area (Å²) in [5.74, 6) is -2.58. The van der Waals surface area contributed by atoms with Crippen molar-refractivity contribution in [2.24, 2.45) is 5.73 Å². The van der Waals surface area contributed by atoms with E-state index in [9.17, 15) is 18.8 Å². The molecule has 2 heterocycles. The number of carbonyl (C=O) groups is 3. The molecule has 1 aromatic heterocycles. The Morgan fingerprint density at radius 2 is 1.88 bits per heavy atom. The number of nitrogens with zero attached hydrogens (tertiary/aromatic N) is 1. The molecule has 0 aliphatic carbocycles. The van der Waals surface area contributed by atoms with Crippen LogP contribution in [0, 0.1) is 5.82 Å². The summed E-state index contributed by atoms with van der Waals surface area (Å²) in [6.45, 7) is -0.214. The van der Waals surface area contributed by atoms with Crippen molar-refractivity contribution >= 4 is 57.9 Å². The molecule has 33 heavy (non-hydrogen) atoms. The molecule has 168 valence electrons. The summed E-state index contributed by atoms with van der Waals surface area (Å²) in [5, 5.41) is 1.42. The molecule has 0 atom stereocenters. The van der Waals surface area contributed by atoms with Crippen LogP contribution in [0.1, 0.15) is 16.0 Å². The molecule has 10 heteroatoms. The Balaban J connectivity index is 1.69. The molecule has 0 spiro atoms. The lowest BCUT2D eigenvalue weighted by Crippen LogP contribution is -2.38. The smallest absolute Gasteiger partial charge is 0.337 e. The third-order valence-electron chi connectivity index (χ3n) is 4.71. The monoisotopic (exact) mass is 486 g/mol. The number of amides is 3. The van der Waals surface area contributed by atoms with Crippen LogP contribution in [0.5, 0.6) is 0 Å². The molecule has 3 aromatic rings. The van der Waals surface area contributed by atoms with Gasteiger partial charge in [-0.05, 0) is 29.1 Å². The largest absolute Gasteiger partial charge is 0.422 e. The predicted molar refractivity (Wildman–Crippen MR) is 122 cm³/mol. The first-order valence-corrected chi connectivity index (χ1v) is 10.9. The number of hydrogen-bond donors (Lipinski definition) is 1. The van der Waals surface area contributed by atoms with Crippen molar-refractivity contribution in [3.63, 3.8) is 0 Å². The summed E-state index contributed by atoms with van der Waals surface area (Å²) in [5.41, 5.74) is 6.09. The summed E-state index contributed by atoms with van der Waals surface area (Å²) in [6, 6.07) is 13.6. The minimum atomic E-state index is -1.08. The van der Waals surface area contributed by atoms with E-state index in [1.165, 1.54) is 11.3 Å². The highest BCUT2D eigenvalue weighted by Crippen LogP contribution is 2.43. The summed E-state index contributed by atoms with van der Waals surface area (Å²) in [6.07, 6.45) is 0. The third kappa shape index (κ3) is 4.65. The minimum absolute atomic E-state index is 0.000618. The average molecular weight is 487 g/mol. The number of fused-ring (bicyclic) bond motifs is 1. The van der Waals surface area contributed by atoms with E-state index in [-0.39, 0.29) is 34.2 Å². The van der Waals surface area contributed by atoms with E-state index in [0.717, 1.165) is 17.7 Å². The number of benzene rings is 2. The average Bonchev–Trinajstić information content (AvgIpc) is 3.40. The number of urea groups is 1. The number of halogens is 2. The second kappa shape index (κ2) is 9.53. The number of carbonyl (C=O) groups excluding carboxylic acids is 3. The van der Waals surface area contributed by atoms with E-state index in [1.54, 1.807) is 17.5 Å². The molecule has 0 unspecified atom stereocenters. The molecule has 1 aliphatic rings. The first-order valence-electron chi connectivity index (χ1n) is 9.60. The number of imide groups is 1. The highest BCUT2D eigenvalue weighted by molar-refractivity contribution is 7.11. The second-order valence-corrected chi connectivity index (χ2v) is 8.25. The molecular weight excluding hydrogens is 471 g/mol. The van der Waals surface area contributed by atoms with Gasteiger partial charge in [0.15, 0.2) is 5.76 Å². The highest BCUT2D eigenvalue weighted by atomic mass is 35.5. The van der Waals surface area contributed by atoms with Gasteiger partial charge in [0, 0.05) is 5.56 Å². The van der Waals surface area contributed by atoms with Gasteiger partial charge >= 0.3 is 12.0 Å². The number of primary amides is 1. The van der Waals surface area contributed by atoms with Crippen molar-refractivity contribution in [3.05, 3.63) is 86.8 Å². The molecule has 0 saturated carbocycles. The van der Waals surface area contributed by atoms with Crippen LogP contribution >= 0.6 is 22.9 Å². The molecule has 0 saturated heterocycles. The van der Waals surface area contributed by atoms with E-state index < -0.39 is 30.3 Å². The van der Waals surface area contributed by atoms with Gasteiger partial charge < -0.3 is 15.2 Å². The fourth-order valence-corrected chi connectivity index (χ4v) is 4.17. The number of anilines is 1. The van der Waals surface area contributed by atoms with Gasteiger partial charge in [-0.1, -0.05) is 48.0 Å². The van der Waals surface area contributed by atoms with Crippen LogP contribution in [-0.4, -0.2) is 24.5 Å². The zero-order valence-corrected chi connectivity index (χ0v) is 18.5. The van der Waals surface area contributed by atoms with Crippen LogP contribution in [-0.2, 0) is 25.7 Å². The van der Waals surface area contributed by atoms with Gasteiger partial charge in [-0.2, -0.15) is 0 Å². The van der Waals surface area contributed by atoms with E-state index >= 15 is 0 Å². The van der Waals surface area contributed by atoms with E-state index in [1.807, 2.05) is 30.3 Å². The van der Waals surface area contributed by atoms with Gasteiger partial charge in [-0.25, -0.2) is 18.9 Å². The Bertz CT molecular complexity index is 1260. The first-order chi connectivity index (χ1) is 15.9. The van der Waals surface area contributed by atoms with Crippen molar-refractivity contribution in [2.45, 2.75) is 6.61 Å². The van der Waals surface area contributed by atoms with E-state index in [4.69, 9.17) is 26.8 Å². The van der Waals surface area contributed by atoms with Gasteiger partial charge in [0.05, 0.1) is 27.8 Å². The summed E-state index contributed by atoms with van der Waals surface area (Å²) in [4.78, 5) is 38.7. The maximum absolute atomic E-state index is 14.3. The zero-order valence-electron chi connectivity index (χ0n) is 16.9. The highest BCUT2D eigenvalue weighted by Gasteiger charge is 2.40. The van der Waals surface area contributed by atoms with Gasteiger partial charge in [0.2, 0.25) is 0 Å². The molecule has 4 rings (SSSR count). The Morgan fingerprint density at radius 1 is 1.12 bits per heavy atom. The van der Waals surface area contributed by atoms with Crippen LogP contribution < -0.4 is 10.6 Å². The van der Waals surface area contributed by atoms with Crippen LogP contribution in [0.4, 0.5) is 14.9 Å². The SMILES string of the molecule is NC(=O)N1C(=O)C(=C(OC(=O)COCc2ccccc2)c2cccs2)c2cc(F)c(Cl)cc21. The van der Waals surface area contributed by atoms with Crippen LogP contribution in [0.3, 0.4) is 0 Å². The Labute approximate surface area is 196 Å². The fourth-order valence-electron chi connectivity index (χ4n) is 3.30. The number of esters is 1. The molecule has 2 N–H and O–H groups in total. The lowest BCUT2D eigenvalue weighted by molar-refractivity contribution is -0.142. The lowest BCUT2D eigenvalue weighted by atomic mass is 10.0. The second-order valence-electron chi connectivity index (χ2n) is 6.90. The van der Waals surface area contributed by atoms with Crippen molar-refractivity contribution < 1.29 is 28.2 Å². The number of hydrogen-bond acceptors (Lipinski definition) is 6. The molecule has 2 aromatic carbocycles. The molecule has 1 aliphatic heterocycles. The van der Waals surface area contributed by atoms with Gasteiger partial charge in [-0.15, -0.1) is 11.3 Å². The molecule has 0 bridgehead atoms. The number of thiophene rings is 1. The van der Waals surface area contributed by atoms with Crippen molar-refractivity contribution in [1.29, 1.82) is 0 Å². The van der Waals surface area contributed by atoms with Gasteiger partial charge in [-0.3, -0.25) is 4.79 Å². The number of nitrogens with two attached hydrogens (primary N) is 1. The van der Waals surface area contributed by atoms with Crippen molar-refractivity contribution in [2.75, 3.05) is 11.5 Å². The molecule has 0 radical (unpaired) electrons. The predicted octanol–water partition coefficient (Wildman–Crippen LogP) is 4.59. The van der Waals surface area contributed by atoms with Crippen molar-refractivity contribution in [1.82, 2.24) is 0 Å². The Hall–Kier alpha value is -3.53. The Morgan fingerprint density at radius 3 is 2.55 bits per heavy atom. The zero-order chi connectivity index (χ0) is 23.5. The fraction of sp³-hybridized carbons (Fsp3) is 0.0870. The molecule has 3 amide bonds. The third-order valence-corrected chi connectivity index (χ3v) is 5.86. The first kappa shape index (κ1) is 22.7. The Kier molecular flexibility index (Phi) is 6.55. The van der Waals surface area contributed by atoms with E-state index in [2.05, 4.69) is 0 Å². The number of rotatable bonds is 6. The summed E-state index contributed by atoms with van der Waals surface area (Å²) < 4.78 is 25.2. The number of ether oxygens (including phenoxy) is 2. The normalized spacial score (nSPS) is 14.2. The quantitative estimate of drug-likeness (QED) is 0.312. The van der Waals surface area contributed by atoms with Gasteiger partial charge in [0.1, 0.15) is 12.4 Å². The van der Waals surface area contributed by atoms with Crippen LogP contribution in [0.25, 0.3) is 11.3 Å². The lowest BCUT2D eigenvalue weighted by Gasteiger charge is -2.12. The molecule has 7 nitrogen and oxygen atoms in total. The molecular formula is C23H16ClFN2O5S. The van der Waals surface area contributed by atoms with Gasteiger partial charge in [0.25, 0.3) is 5.91 Å².